The third-order valence-corrected chi connectivity index (χ3v) is 4.13. The van der Waals surface area contributed by atoms with Gasteiger partial charge in [-0.2, -0.15) is 0 Å². The summed E-state index contributed by atoms with van der Waals surface area (Å²) < 4.78 is 40.9. The van der Waals surface area contributed by atoms with E-state index in [0.717, 1.165) is 24.3 Å². The summed E-state index contributed by atoms with van der Waals surface area (Å²) in [7, 11) is 0. The van der Waals surface area contributed by atoms with E-state index in [0.29, 0.717) is 21.8 Å². The van der Waals surface area contributed by atoms with E-state index in [1.165, 1.54) is 18.2 Å². The van der Waals surface area contributed by atoms with E-state index in [1.54, 1.807) is 0 Å². The van der Waals surface area contributed by atoms with E-state index in [1.807, 2.05) is 0 Å². The summed E-state index contributed by atoms with van der Waals surface area (Å²) in [4.78, 5) is 16.0. The molecule has 1 saturated heterocycles. The molecule has 2 heterocycles. The highest BCUT2D eigenvalue weighted by Gasteiger charge is 2.31. The lowest BCUT2D eigenvalue weighted by Crippen LogP contribution is -2.44. The van der Waals surface area contributed by atoms with Gasteiger partial charge in [0, 0.05) is 18.5 Å². The first-order chi connectivity index (χ1) is 10.4. The van der Waals surface area contributed by atoms with Gasteiger partial charge in [0.1, 0.15) is 5.75 Å². The van der Waals surface area contributed by atoms with Crippen LogP contribution in [0.4, 0.5) is 18.3 Å². The number of nitrogens with zero attached hydrogens (tertiary/aromatic N) is 1. The predicted molar refractivity (Wildman–Crippen MR) is 76.0 cm³/mol. The lowest BCUT2D eigenvalue weighted by molar-refractivity contribution is -0.274. The number of aromatic nitrogens is 1. The molecule has 1 aliphatic rings. The fourth-order valence-corrected chi connectivity index (χ4v) is 2.98. The summed E-state index contributed by atoms with van der Waals surface area (Å²) >= 11 is 1.11. The van der Waals surface area contributed by atoms with Crippen molar-refractivity contribution in [2.45, 2.75) is 25.2 Å². The van der Waals surface area contributed by atoms with E-state index < -0.39 is 6.36 Å². The van der Waals surface area contributed by atoms with Gasteiger partial charge in [0.25, 0.3) is 0 Å². The third-order valence-electron chi connectivity index (χ3n) is 3.20. The number of rotatable bonds is 4. The number of benzene rings is 1. The molecule has 118 valence electrons. The molecule has 1 aromatic heterocycles. The molecule has 9 heteroatoms. The summed E-state index contributed by atoms with van der Waals surface area (Å²) in [5.74, 6) is -0.469. The fraction of sp³-hybridized carbons (Fsp3) is 0.385. The summed E-state index contributed by atoms with van der Waals surface area (Å²) in [6, 6.07) is 4.07. The van der Waals surface area contributed by atoms with Gasteiger partial charge in [-0.15, -0.1) is 13.2 Å². The zero-order valence-electron chi connectivity index (χ0n) is 11.2. The number of amides is 1. The molecule has 2 N–H and O–H groups in total. The van der Waals surface area contributed by atoms with Crippen molar-refractivity contribution in [3.05, 3.63) is 18.2 Å². The van der Waals surface area contributed by atoms with Crippen molar-refractivity contribution in [2.75, 3.05) is 11.9 Å². The van der Waals surface area contributed by atoms with Crippen molar-refractivity contribution in [2.24, 2.45) is 0 Å². The topological polar surface area (TPSA) is 63.2 Å². The van der Waals surface area contributed by atoms with Crippen LogP contribution in [-0.2, 0) is 4.79 Å². The SMILES string of the molecule is O=C(C[C@H]1CCN1)Nc1nc2ccc(OC(F)(F)F)cc2s1. The zero-order chi connectivity index (χ0) is 15.7. The maximum Gasteiger partial charge on any atom is 0.573 e. The average molecular weight is 331 g/mol. The van der Waals surface area contributed by atoms with E-state index in [-0.39, 0.29) is 17.7 Å². The number of carbonyl (C=O) groups is 1. The Bertz CT molecular complexity index is 697. The molecule has 1 aliphatic heterocycles. The number of nitrogens with one attached hydrogen (secondary N) is 2. The van der Waals surface area contributed by atoms with Crippen molar-refractivity contribution in [3.8, 4) is 5.75 Å². The molecule has 0 radical (unpaired) electrons. The largest absolute Gasteiger partial charge is 0.573 e. The Morgan fingerprint density at radius 2 is 2.27 bits per heavy atom. The quantitative estimate of drug-likeness (QED) is 0.904. The van der Waals surface area contributed by atoms with Crippen LogP contribution in [0.2, 0.25) is 0 Å². The van der Waals surface area contributed by atoms with Crippen LogP contribution in [0.3, 0.4) is 0 Å². The van der Waals surface area contributed by atoms with Crippen LogP contribution < -0.4 is 15.4 Å². The highest BCUT2D eigenvalue weighted by atomic mass is 32.1. The second-order valence-corrected chi connectivity index (χ2v) is 5.92. The minimum atomic E-state index is -4.73. The van der Waals surface area contributed by atoms with Crippen molar-refractivity contribution in [1.82, 2.24) is 10.3 Å². The number of anilines is 1. The van der Waals surface area contributed by atoms with Crippen LogP contribution in [-0.4, -0.2) is 29.8 Å². The fourth-order valence-electron chi connectivity index (χ4n) is 2.07. The van der Waals surface area contributed by atoms with Crippen LogP contribution in [0.5, 0.6) is 5.75 Å². The Morgan fingerprint density at radius 3 is 2.91 bits per heavy atom. The number of alkyl halides is 3. The molecule has 1 atom stereocenters. The Balaban J connectivity index is 1.70. The summed E-state index contributed by atoms with van der Waals surface area (Å²) in [5, 5.41) is 6.14. The molecular weight excluding hydrogens is 319 g/mol. The van der Waals surface area contributed by atoms with Gasteiger partial charge in [-0.25, -0.2) is 4.98 Å². The van der Waals surface area contributed by atoms with Crippen LogP contribution in [0.25, 0.3) is 10.2 Å². The first kappa shape index (κ1) is 15.0. The molecule has 1 amide bonds. The van der Waals surface area contributed by atoms with E-state index >= 15 is 0 Å². The van der Waals surface area contributed by atoms with Crippen molar-refractivity contribution in [1.29, 1.82) is 0 Å². The monoisotopic (exact) mass is 331 g/mol. The molecule has 0 unspecified atom stereocenters. The molecule has 0 bridgehead atoms. The summed E-state index contributed by atoms with van der Waals surface area (Å²) in [6.07, 6.45) is -3.41. The Morgan fingerprint density at radius 1 is 1.50 bits per heavy atom. The minimum absolute atomic E-state index is 0.164. The molecule has 2 aromatic rings. The maximum atomic E-state index is 12.2. The van der Waals surface area contributed by atoms with Crippen LogP contribution >= 0.6 is 11.3 Å². The van der Waals surface area contributed by atoms with Gasteiger partial charge >= 0.3 is 6.36 Å². The van der Waals surface area contributed by atoms with Gasteiger partial charge in [0.2, 0.25) is 5.91 Å². The minimum Gasteiger partial charge on any atom is -0.406 e. The first-order valence-electron chi connectivity index (χ1n) is 6.59. The molecule has 22 heavy (non-hydrogen) atoms. The zero-order valence-corrected chi connectivity index (χ0v) is 12.1. The molecule has 1 fully saturated rings. The van der Waals surface area contributed by atoms with E-state index in [2.05, 4.69) is 20.4 Å². The lowest BCUT2D eigenvalue weighted by atomic mass is 10.0. The number of ether oxygens (including phenoxy) is 1. The molecular formula is C13H12F3N3O2S. The van der Waals surface area contributed by atoms with Crippen LogP contribution in [0.15, 0.2) is 18.2 Å². The van der Waals surface area contributed by atoms with Crippen molar-refractivity contribution in [3.63, 3.8) is 0 Å². The maximum absolute atomic E-state index is 12.2. The highest BCUT2D eigenvalue weighted by molar-refractivity contribution is 7.22. The molecule has 0 saturated carbocycles. The van der Waals surface area contributed by atoms with E-state index in [9.17, 15) is 18.0 Å². The average Bonchev–Trinajstić information content (AvgIpc) is 2.73. The van der Waals surface area contributed by atoms with Gasteiger partial charge < -0.3 is 15.4 Å². The number of thiazole rings is 1. The number of halogens is 3. The van der Waals surface area contributed by atoms with Crippen LogP contribution in [0, 0.1) is 0 Å². The standard InChI is InChI=1S/C13H12F3N3O2S/c14-13(15,16)21-8-1-2-9-10(6-8)22-12(18-9)19-11(20)5-7-3-4-17-7/h1-2,6-7,17H,3-5H2,(H,18,19,20)/t7-/m1/s1. The molecule has 0 aliphatic carbocycles. The third kappa shape index (κ3) is 3.66. The van der Waals surface area contributed by atoms with Gasteiger partial charge in [-0.3, -0.25) is 4.79 Å². The Hall–Kier alpha value is -1.87. The van der Waals surface area contributed by atoms with Crippen molar-refractivity contribution >= 4 is 32.6 Å². The lowest BCUT2D eigenvalue weighted by Gasteiger charge is -2.26. The number of fused-ring (bicyclic) bond motifs is 1. The molecule has 3 rings (SSSR count). The van der Waals surface area contributed by atoms with Gasteiger partial charge in [-0.05, 0) is 25.1 Å². The van der Waals surface area contributed by atoms with Gasteiger partial charge in [0.05, 0.1) is 10.2 Å². The smallest absolute Gasteiger partial charge is 0.406 e. The van der Waals surface area contributed by atoms with Crippen LogP contribution in [0.1, 0.15) is 12.8 Å². The van der Waals surface area contributed by atoms with Crippen molar-refractivity contribution < 1.29 is 22.7 Å². The highest BCUT2D eigenvalue weighted by Crippen LogP contribution is 2.31. The van der Waals surface area contributed by atoms with Gasteiger partial charge in [-0.1, -0.05) is 11.3 Å². The Kier molecular flexibility index (Phi) is 3.92. The second-order valence-electron chi connectivity index (χ2n) is 4.89. The first-order valence-corrected chi connectivity index (χ1v) is 7.40. The molecule has 0 spiro atoms. The number of carbonyl (C=O) groups excluding carboxylic acids is 1. The predicted octanol–water partition coefficient (Wildman–Crippen LogP) is 2.89. The second kappa shape index (κ2) is 5.73. The van der Waals surface area contributed by atoms with Gasteiger partial charge in [0.15, 0.2) is 5.13 Å². The Labute approximate surface area is 127 Å². The van der Waals surface area contributed by atoms with E-state index in [4.69, 9.17) is 0 Å². The number of hydrogen-bond acceptors (Lipinski definition) is 5. The summed E-state index contributed by atoms with van der Waals surface area (Å²) in [5.41, 5.74) is 0.511. The molecule has 5 nitrogen and oxygen atoms in total. The summed E-state index contributed by atoms with van der Waals surface area (Å²) in [6.45, 7) is 0.918. The number of hydrogen-bond donors (Lipinski definition) is 2. The normalized spacial score (nSPS) is 18.0. The molecule has 1 aromatic carbocycles.